The summed E-state index contributed by atoms with van der Waals surface area (Å²) in [7, 11) is -1.73. The fourth-order valence-corrected chi connectivity index (χ4v) is 10.7. The maximum absolute atomic E-state index is 13.7. The number of benzene rings is 1. The number of carbonyl (C=O) groups is 1. The molecule has 1 N–H and O–H groups in total. The first-order valence-corrected chi connectivity index (χ1v) is 16.3. The summed E-state index contributed by atoms with van der Waals surface area (Å²) in [5, 5.41) is 4.80. The first-order valence-electron chi connectivity index (χ1n) is 12.1. The van der Waals surface area contributed by atoms with Gasteiger partial charge in [-0.1, -0.05) is 30.2 Å². The van der Waals surface area contributed by atoms with Crippen LogP contribution in [-0.2, 0) is 27.8 Å². The molecule has 2 aliphatic rings. The van der Waals surface area contributed by atoms with Gasteiger partial charge in [-0.2, -0.15) is 4.31 Å². The highest BCUT2D eigenvalue weighted by Crippen LogP contribution is 2.46. The highest BCUT2D eigenvalue weighted by molar-refractivity contribution is 7.91. The van der Waals surface area contributed by atoms with Crippen molar-refractivity contribution in [3.05, 3.63) is 51.2 Å². The van der Waals surface area contributed by atoms with Crippen molar-refractivity contribution in [2.24, 2.45) is 0 Å². The maximum atomic E-state index is 13.7. The second kappa shape index (κ2) is 10.0. The summed E-state index contributed by atoms with van der Waals surface area (Å²) in [5.74, 6) is -0.291. The minimum absolute atomic E-state index is 0.169. The Morgan fingerprint density at radius 1 is 1.11 bits per heavy atom. The number of nitrogens with zero attached hydrogens (tertiary/aromatic N) is 3. The Morgan fingerprint density at radius 2 is 1.95 bits per heavy atom. The topological polar surface area (TPSA) is 82.6 Å². The predicted octanol–water partition coefficient (Wildman–Crippen LogP) is 5.91. The van der Waals surface area contributed by atoms with Crippen LogP contribution in [0.15, 0.2) is 40.6 Å². The summed E-state index contributed by atoms with van der Waals surface area (Å²) in [6.45, 7) is 2.07. The molecule has 1 fully saturated rings. The lowest BCUT2D eigenvalue weighted by Crippen LogP contribution is -2.49. The van der Waals surface area contributed by atoms with Crippen LogP contribution in [0, 0.1) is 0 Å². The van der Waals surface area contributed by atoms with Gasteiger partial charge in [0.2, 0.25) is 5.91 Å². The fourth-order valence-electron chi connectivity index (χ4n) is 5.03. The van der Waals surface area contributed by atoms with Gasteiger partial charge in [0, 0.05) is 30.1 Å². The Bertz CT molecular complexity index is 1560. The number of fused-ring (bicyclic) bond motifs is 2. The van der Waals surface area contributed by atoms with Crippen LogP contribution in [0.1, 0.15) is 29.7 Å². The molecular weight excluding hydrogens is 568 g/mol. The highest BCUT2D eigenvalue weighted by Gasteiger charge is 2.39. The molecule has 0 saturated carbocycles. The number of thiophene rings is 2. The molecule has 12 heteroatoms. The molecule has 0 radical (unpaired) electrons. The highest BCUT2D eigenvalue weighted by atomic mass is 35.5. The van der Waals surface area contributed by atoms with Crippen molar-refractivity contribution in [3.63, 3.8) is 0 Å². The monoisotopic (exact) mass is 592 g/mol. The van der Waals surface area contributed by atoms with Crippen LogP contribution in [0.3, 0.4) is 0 Å². The van der Waals surface area contributed by atoms with Crippen molar-refractivity contribution in [3.8, 4) is 10.6 Å². The third kappa shape index (κ3) is 4.75. The number of hydrogen-bond donors (Lipinski definition) is 1. The Hall–Kier alpha value is -1.86. The minimum atomic E-state index is -3.82. The number of halogens is 1. The van der Waals surface area contributed by atoms with Gasteiger partial charge in [0.25, 0.3) is 10.0 Å². The lowest BCUT2D eigenvalue weighted by atomic mass is 10.0. The number of carbonyl (C=O) groups excluding carboxylic acids is 1. The van der Waals surface area contributed by atoms with E-state index in [1.807, 2.05) is 18.2 Å². The number of amides is 1. The predicted molar refractivity (Wildman–Crippen MR) is 152 cm³/mol. The molecule has 3 aromatic heterocycles. The van der Waals surface area contributed by atoms with E-state index in [-0.39, 0.29) is 10.1 Å². The van der Waals surface area contributed by atoms with Crippen molar-refractivity contribution in [1.82, 2.24) is 14.2 Å². The SMILES string of the molecule is CN1CCc2c(sc(NC(=O)C3CCCCN3S(=O)(=O)c3ccc(Cl)s3)c2-c2nc3ccccc3s2)C1. The molecule has 6 rings (SSSR count). The summed E-state index contributed by atoms with van der Waals surface area (Å²) in [6, 6.07) is 10.4. The molecule has 0 aliphatic carbocycles. The van der Waals surface area contributed by atoms with E-state index < -0.39 is 16.1 Å². The fraction of sp³-hybridized carbons (Fsp3) is 0.360. The zero-order valence-corrected chi connectivity index (χ0v) is 24.1. The summed E-state index contributed by atoms with van der Waals surface area (Å²) in [5.41, 5.74) is 3.16. The van der Waals surface area contributed by atoms with Crippen LogP contribution in [0.5, 0.6) is 0 Å². The molecule has 7 nitrogen and oxygen atoms in total. The molecule has 1 amide bonds. The number of sulfonamides is 1. The van der Waals surface area contributed by atoms with Gasteiger partial charge in [-0.3, -0.25) is 4.79 Å². The Kier molecular flexibility index (Phi) is 6.89. The molecule has 0 bridgehead atoms. The van der Waals surface area contributed by atoms with Crippen LogP contribution < -0.4 is 5.32 Å². The number of para-hydroxylation sites is 1. The van der Waals surface area contributed by atoms with Crippen LogP contribution in [0.25, 0.3) is 20.8 Å². The van der Waals surface area contributed by atoms with Gasteiger partial charge in [-0.05, 0) is 56.1 Å². The van der Waals surface area contributed by atoms with E-state index in [0.717, 1.165) is 69.5 Å². The summed E-state index contributed by atoms with van der Waals surface area (Å²) in [4.78, 5) is 22.1. The Morgan fingerprint density at radius 3 is 2.73 bits per heavy atom. The summed E-state index contributed by atoms with van der Waals surface area (Å²) < 4.78 is 29.9. The lowest BCUT2D eigenvalue weighted by Gasteiger charge is -2.33. The molecule has 5 heterocycles. The molecule has 194 valence electrons. The van der Waals surface area contributed by atoms with Gasteiger partial charge in [-0.25, -0.2) is 13.4 Å². The molecular formula is C25H25ClN4O3S4. The van der Waals surface area contributed by atoms with Crippen molar-refractivity contribution in [2.45, 2.75) is 42.5 Å². The van der Waals surface area contributed by atoms with Gasteiger partial charge in [-0.15, -0.1) is 34.0 Å². The molecule has 0 spiro atoms. The third-order valence-corrected chi connectivity index (χ3v) is 12.7. The third-order valence-electron chi connectivity index (χ3n) is 6.86. The van der Waals surface area contributed by atoms with Gasteiger partial charge in [0.05, 0.1) is 14.6 Å². The van der Waals surface area contributed by atoms with Crippen molar-refractivity contribution in [2.75, 3.05) is 25.5 Å². The van der Waals surface area contributed by atoms with E-state index >= 15 is 0 Å². The average Bonchev–Trinajstić information content (AvgIpc) is 3.60. The number of piperidine rings is 1. The van der Waals surface area contributed by atoms with E-state index in [0.29, 0.717) is 17.3 Å². The summed E-state index contributed by atoms with van der Waals surface area (Å²) in [6.07, 6.45) is 2.88. The van der Waals surface area contributed by atoms with Crippen molar-refractivity contribution in [1.29, 1.82) is 0 Å². The minimum Gasteiger partial charge on any atom is -0.316 e. The quantitative estimate of drug-likeness (QED) is 0.311. The standard InChI is InChI=1S/C25H25ClN4O3S4/c1-29-13-11-15-19(14-29)35-25(22(15)24-27-16-6-2-3-8-18(16)34-24)28-23(31)17-7-4-5-12-30(17)37(32,33)21-10-9-20(26)36-21/h2-3,6,8-10,17H,4-5,7,11-14H2,1H3,(H,28,31). The largest absolute Gasteiger partial charge is 0.316 e. The molecule has 1 aromatic carbocycles. The first kappa shape index (κ1) is 25.4. The van der Waals surface area contributed by atoms with E-state index in [1.54, 1.807) is 28.7 Å². The van der Waals surface area contributed by atoms with Crippen LogP contribution in [0.2, 0.25) is 4.34 Å². The zero-order valence-electron chi connectivity index (χ0n) is 20.1. The van der Waals surface area contributed by atoms with E-state index in [9.17, 15) is 13.2 Å². The lowest BCUT2D eigenvalue weighted by molar-refractivity contribution is -0.120. The molecule has 1 unspecified atom stereocenters. The Balaban J connectivity index is 1.36. The number of nitrogens with one attached hydrogen (secondary N) is 1. The van der Waals surface area contributed by atoms with Gasteiger partial charge < -0.3 is 10.2 Å². The Labute approximate surface area is 232 Å². The normalized spacial score (nSPS) is 19.2. The van der Waals surface area contributed by atoms with E-state index in [4.69, 9.17) is 16.6 Å². The second-order valence-electron chi connectivity index (χ2n) is 9.36. The average molecular weight is 593 g/mol. The molecule has 2 aliphatic heterocycles. The van der Waals surface area contributed by atoms with Crippen LogP contribution in [0.4, 0.5) is 5.00 Å². The number of likely N-dealkylation sites (N-methyl/N-ethyl adjacent to an activating group) is 1. The number of thiazole rings is 1. The number of hydrogen-bond acceptors (Lipinski definition) is 8. The molecule has 1 atom stereocenters. The van der Waals surface area contributed by atoms with Gasteiger partial charge >= 0.3 is 0 Å². The summed E-state index contributed by atoms with van der Waals surface area (Å²) >= 11 is 10.3. The number of rotatable bonds is 5. The second-order valence-corrected chi connectivity index (χ2v) is 15.3. The first-order chi connectivity index (χ1) is 17.8. The smallest absolute Gasteiger partial charge is 0.253 e. The van der Waals surface area contributed by atoms with Crippen LogP contribution in [-0.4, -0.2) is 54.7 Å². The van der Waals surface area contributed by atoms with Crippen LogP contribution >= 0.6 is 45.6 Å². The molecule has 1 saturated heterocycles. The zero-order chi connectivity index (χ0) is 25.7. The van der Waals surface area contributed by atoms with E-state index in [2.05, 4.69) is 23.3 Å². The van der Waals surface area contributed by atoms with Crippen molar-refractivity contribution < 1.29 is 13.2 Å². The van der Waals surface area contributed by atoms with Crippen molar-refractivity contribution >= 4 is 76.8 Å². The molecule has 37 heavy (non-hydrogen) atoms. The maximum Gasteiger partial charge on any atom is 0.253 e. The molecule has 4 aromatic rings. The van der Waals surface area contributed by atoms with Gasteiger partial charge in [0.1, 0.15) is 20.3 Å². The van der Waals surface area contributed by atoms with E-state index in [1.165, 1.54) is 20.8 Å². The number of aromatic nitrogens is 1. The number of anilines is 1. The van der Waals surface area contributed by atoms with Gasteiger partial charge in [0.15, 0.2) is 0 Å².